The SMILES string of the molecule is COc1cccc(NC(=O)[C@H](C)N2C(=O)[C@@H]3[C@@H](C2=O)C2(Cl)c4ccccc4C3(Cl)c3ccccc32)c1. The summed E-state index contributed by atoms with van der Waals surface area (Å²) in [5, 5.41) is 2.78. The highest BCUT2D eigenvalue weighted by Crippen LogP contribution is 2.69. The number of amides is 3. The second-order valence-corrected chi connectivity index (χ2v) is 10.6. The van der Waals surface area contributed by atoms with Crippen molar-refractivity contribution in [3.8, 4) is 5.75 Å². The highest BCUT2D eigenvalue weighted by atomic mass is 35.5. The Labute approximate surface area is 218 Å². The van der Waals surface area contributed by atoms with E-state index >= 15 is 0 Å². The molecule has 7 rings (SSSR count). The van der Waals surface area contributed by atoms with Gasteiger partial charge in [0.25, 0.3) is 0 Å². The number of halogens is 2. The van der Waals surface area contributed by atoms with Gasteiger partial charge in [-0.15, -0.1) is 23.2 Å². The number of likely N-dealkylation sites (tertiary alicyclic amines) is 1. The highest BCUT2D eigenvalue weighted by Gasteiger charge is 2.73. The van der Waals surface area contributed by atoms with Gasteiger partial charge in [-0.2, -0.15) is 0 Å². The summed E-state index contributed by atoms with van der Waals surface area (Å²) in [5.74, 6) is -2.81. The van der Waals surface area contributed by atoms with Gasteiger partial charge in [-0.1, -0.05) is 54.6 Å². The Hall–Kier alpha value is -3.35. The number of imide groups is 1. The van der Waals surface area contributed by atoms with Crippen molar-refractivity contribution in [1.82, 2.24) is 4.90 Å². The Morgan fingerprint density at radius 3 is 1.78 bits per heavy atom. The van der Waals surface area contributed by atoms with Gasteiger partial charge < -0.3 is 10.1 Å². The zero-order chi connectivity index (χ0) is 25.4. The Morgan fingerprint density at radius 2 is 1.33 bits per heavy atom. The molecule has 3 atom stereocenters. The van der Waals surface area contributed by atoms with Gasteiger partial charge in [0.1, 0.15) is 21.5 Å². The van der Waals surface area contributed by atoms with E-state index in [0.29, 0.717) is 11.4 Å². The first kappa shape index (κ1) is 23.1. The summed E-state index contributed by atoms with van der Waals surface area (Å²) in [4.78, 5) is 39.6. The molecular weight excluding hydrogens is 499 g/mol. The minimum Gasteiger partial charge on any atom is -0.497 e. The minimum absolute atomic E-state index is 0.491. The minimum atomic E-state index is -1.28. The van der Waals surface area contributed by atoms with Gasteiger partial charge >= 0.3 is 0 Å². The standard InChI is InChI=1S/C28H22Cl2N2O4/c1-15(24(33)31-16-8-7-9-17(14-16)36-2)32-25(34)22-23(26(32)35)28(30)19-11-4-3-10-18(19)27(22,29)20-12-5-6-13-21(20)28/h3-15,22-23H,1-2H3,(H,31,33)/t15-,22-,23-,27?,28?/m0/s1. The Morgan fingerprint density at radius 1 is 0.861 bits per heavy atom. The molecule has 1 heterocycles. The molecule has 0 radical (unpaired) electrons. The van der Waals surface area contributed by atoms with Gasteiger partial charge in [0.15, 0.2) is 0 Å². The third-order valence-corrected chi connectivity index (χ3v) is 9.01. The summed E-state index contributed by atoms with van der Waals surface area (Å²) in [6, 6.07) is 20.6. The van der Waals surface area contributed by atoms with E-state index in [1.165, 1.54) is 14.0 Å². The van der Waals surface area contributed by atoms with Crippen LogP contribution in [0, 0.1) is 11.8 Å². The zero-order valence-corrected chi connectivity index (χ0v) is 21.0. The lowest BCUT2D eigenvalue weighted by molar-refractivity contribution is -0.146. The van der Waals surface area contributed by atoms with E-state index in [4.69, 9.17) is 27.9 Å². The van der Waals surface area contributed by atoms with Crippen molar-refractivity contribution in [1.29, 1.82) is 0 Å². The van der Waals surface area contributed by atoms with Gasteiger partial charge in [0.05, 0.1) is 18.9 Å². The van der Waals surface area contributed by atoms with E-state index in [0.717, 1.165) is 27.2 Å². The zero-order valence-electron chi connectivity index (χ0n) is 19.5. The van der Waals surface area contributed by atoms with Crippen LogP contribution in [0.25, 0.3) is 0 Å². The maximum atomic E-state index is 14.0. The molecule has 4 aliphatic rings. The lowest BCUT2D eigenvalue weighted by Crippen LogP contribution is -2.57. The molecule has 3 aromatic rings. The topological polar surface area (TPSA) is 75.7 Å². The average molecular weight is 521 g/mol. The summed E-state index contributed by atoms with van der Waals surface area (Å²) in [7, 11) is 1.53. The predicted octanol–water partition coefficient (Wildman–Crippen LogP) is 4.62. The van der Waals surface area contributed by atoms with E-state index in [9.17, 15) is 14.4 Å². The number of ether oxygens (including phenoxy) is 1. The quantitative estimate of drug-likeness (QED) is 0.402. The van der Waals surface area contributed by atoms with Crippen LogP contribution in [0.3, 0.4) is 0 Å². The number of alkyl halides is 2. The number of carbonyl (C=O) groups is 3. The van der Waals surface area contributed by atoms with Crippen LogP contribution >= 0.6 is 23.2 Å². The van der Waals surface area contributed by atoms with Crippen molar-refractivity contribution in [3.63, 3.8) is 0 Å². The first-order valence-electron chi connectivity index (χ1n) is 11.6. The third kappa shape index (κ3) is 2.77. The normalized spacial score (nSPS) is 28.3. The number of anilines is 1. The molecule has 8 heteroatoms. The summed E-state index contributed by atoms with van der Waals surface area (Å²) in [6.45, 7) is 1.53. The molecule has 0 aromatic heterocycles. The smallest absolute Gasteiger partial charge is 0.247 e. The van der Waals surface area contributed by atoms with Crippen molar-refractivity contribution in [2.75, 3.05) is 12.4 Å². The summed E-state index contributed by atoms with van der Waals surface area (Å²) < 4.78 is 5.21. The van der Waals surface area contributed by atoms with Crippen LogP contribution in [0.4, 0.5) is 5.69 Å². The molecule has 1 fully saturated rings. The molecule has 3 aromatic carbocycles. The predicted molar refractivity (Wildman–Crippen MR) is 136 cm³/mol. The number of rotatable bonds is 4. The van der Waals surface area contributed by atoms with Gasteiger partial charge in [-0.25, -0.2) is 0 Å². The van der Waals surface area contributed by atoms with Crippen LogP contribution in [0.2, 0.25) is 0 Å². The van der Waals surface area contributed by atoms with E-state index in [2.05, 4.69) is 5.32 Å². The fourth-order valence-electron chi connectivity index (χ4n) is 6.14. The Balaban J connectivity index is 1.43. The molecule has 3 aliphatic carbocycles. The number of hydrogen-bond donors (Lipinski definition) is 1. The van der Waals surface area contributed by atoms with Crippen LogP contribution in [0.5, 0.6) is 5.75 Å². The number of hydrogen-bond acceptors (Lipinski definition) is 4. The molecule has 1 saturated heterocycles. The van der Waals surface area contributed by atoms with E-state index < -0.39 is 45.3 Å². The molecule has 36 heavy (non-hydrogen) atoms. The van der Waals surface area contributed by atoms with E-state index in [1.807, 2.05) is 48.5 Å². The molecule has 1 N–H and O–H groups in total. The highest BCUT2D eigenvalue weighted by molar-refractivity contribution is 6.36. The second-order valence-electron chi connectivity index (χ2n) is 9.41. The Kier molecular flexibility index (Phi) is 5.01. The van der Waals surface area contributed by atoms with Crippen molar-refractivity contribution in [2.24, 2.45) is 11.8 Å². The van der Waals surface area contributed by atoms with Gasteiger partial charge in [0.2, 0.25) is 17.7 Å². The van der Waals surface area contributed by atoms with Crippen LogP contribution in [0.15, 0.2) is 72.8 Å². The number of carbonyl (C=O) groups excluding carboxylic acids is 3. The molecule has 3 amide bonds. The fraction of sp³-hybridized carbons (Fsp3) is 0.250. The molecule has 0 unspecified atom stereocenters. The Bertz CT molecular complexity index is 1330. The van der Waals surface area contributed by atoms with Crippen LogP contribution < -0.4 is 10.1 Å². The van der Waals surface area contributed by atoms with E-state index in [-0.39, 0.29) is 0 Å². The molecule has 182 valence electrons. The molecule has 2 bridgehead atoms. The van der Waals surface area contributed by atoms with Gasteiger partial charge in [0, 0.05) is 11.8 Å². The van der Waals surface area contributed by atoms with Crippen molar-refractivity contribution < 1.29 is 19.1 Å². The third-order valence-electron chi connectivity index (χ3n) is 7.72. The van der Waals surface area contributed by atoms with Crippen LogP contribution in [0.1, 0.15) is 29.2 Å². The monoisotopic (exact) mass is 520 g/mol. The number of nitrogens with one attached hydrogen (secondary N) is 1. The maximum Gasteiger partial charge on any atom is 0.247 e. The average Bonchev–Trinajstić information content (AvgIpc) is 3.17. The molecule has 0 saturated carbocycles. The number of nitrogens with zero attached hydrogens (tertiary/aromatic N) is 1. The summed E-state index contributed by atoms with van der Waals surface area (Å²) in [5.41, 5.74) is 3.37. The maximum absolute atomic E-state index is 14.0. The second kappa shape index (κ2) is 7.82. The van der Waals surface area contributed by atoms with Crippen molar-refractivity contribution >= 4 is 46.6 Å². The largest absolute Gasteiger partial charge is 0.497 e. The summed E-state index contributed by atoms with van der Waals surface area (Å²) in [6.07, 6.45) is 0. The molecule has 1 aliphatic heterocycles. The van der Waals surface area contributed by atoms with Crippen LogP contribution in [-0.4, -0.2) is 35.8 Å². The fourth-order valence-corrected chi connectivity index (χ4v) is 7.23. The first-order valence-corrected chi connectivity index (χ1v) is 12.4. The van der Waals surface area contributed by atoms with Gasteiger partial charge in [-0.3, -0.25) is 19.3 Å². The lowest BCUT2D eigenvalue weighted by atomic mass is 9.54. The lowest BCUT2D eigenvalue weighted by Gasteiger charge is -2.54. The van der Waals surface area contributed by atoms with E-state index in [1.54, 1.807) is 24.3 Å². The summed E-state index contributed by atoms with van der Waals surface area (Å²) >= 11 is 14.8. The molecular formula is C28H22Cl2N2O4. The molecule has 6 nitrogen and oxygen atoms in total. The first-order chi connectivity index (χ1) is 17.2. The van der Waals surface area contributed by atoms with Crippen molar-refractivity contribution in [3.05, 3.63) is 95.1 Å². The molecule has 0 spiro atoms. The number of methoxy groups -OCH3 is 1. The number of benzene rings is 3. The van der Waals surface area contributed by atoms with Crippen LogP contribution in [-0.2, 0) is 24.1 Å². The van der Waals surface area contributed by atoms with Gasteiger partial charge in [-0.05, 0) is 41.3 Å². The van der Waals surface area contributed by atoms with Crippen molar-refractivity contribution in [2.45, 2.75) is 22.7 Å².